The molecule has 1 saturated heterocycles. The van der Waals surface area contributed by atoms with Gasteiger partial charge in [0.1, 0.15) is 5.92 Å². The van der Waals surface area contributed by atoms with Crippen molar-refractivity contribution in [1.29, 1.82) is 0 Å². The van der Waals surface area contributed by atoms with Crippen LogP contribution in [0.15, 0.2) is 42.5 Å². The van der Waals surface area contributed by atoms with Crippen LogP contribution in [0.1, 0.15) is 23.1 Å². The van der Waals surface area contributed by atoms with Gasteiger partial charge < -0.3 is 10.2 Å². The van der Waals surface area contributed by atoms with Crippen molar-refractivity contribution in [1.82, 2.24) is 5.32 Å². The number of carbonyl (C=O) groups is 2. The van der Waals surface area contributed by atoms with Crippen LogP contribution in [0, 0.1) is 19.8 Å². The molecule has 0 aromatic heterocycles. The van der Waals surface area contributed by atoms with E-state index in [2.05, 4.69) is 5.32 Å². The molecular weight excluding hydrogens is 336 g/mol. The molecule has 0 aliphatic carbocycles. The van der Waals surface area contributed by atoms with E-state index in [1.807, 2.05) is 56.3 Å². The van der Waals surface area contributed by atoms with E-state index < -0.39 is 5.92 Å². The van der Waals surface area contributed by atoms with Crippen LogP contribution in [0.3, 0.4) is 0 Å². The molecule has 0 saturated carbocycles. The zero-order chi connectivity index (χ0) is 18.0. The van der Waals surface area contributed by atoms with Crippen LogP contribution in [-0.2, 0) is 16.1 Å². The average Bonchev–Trinajstić information content (AvgIpc) is 2.94. The van der Waals surface area contributed by atoms with Gasteiger partial charge in [0.05, 0.1) is 10.7 Å². The molecule has 4 nitrogen and oxygen atoms in total. The van der Waals surface area contributed by atoms with Crippen LogP contribution in [-0.4, -0.2) is 18.4 Å². The minimum absolute atomic E-state index is 0.188. The van der Waals surface area contributed by atoms with E-state index in [1.165, 1.54) is 0 Å². The lowest BCUT2D eigenvalue weighted by atomic mass is 10.1. The van der Waals surface area contributed by atoms with E-state index in [9.17, 15) is 9.59 Å². The van der Waals surface area contributed by atoms with Crippen LogP contribution in [0.5, 0.6) is 0 Å². The standard InChI is InChI=1S/C20H21ClN2O2/c1-13-4-3-5-15(10-13)12-22-19(24)16-8-9-23(20(16)25)18-7-6-14(2)11-17(18)21/h3-7,10-11,16H,8-9,12H2,1-2H3,(H,22,24). The highest BCUT2D eigenvalue weighted by molar-refractivity contribution is 6.34. The van der Waals surface area contributed by atoms with E-state index in [1.54, 1.807) is 4.90 Å². The van der Waals surface area contributed by atoms with Crippen molar-refractivity contribution in [3.8, 4) is 0 Å². The number of halogens is 1. The molecule has 1 heterocycles. The average molecular weight is 357 g/mol. The molecule has 1 aliphatic heterocycles. The highest BCUT2D eigenvalue weighted by Crippen LogP contribution is 2.32. The third-order valence-corrected chi connectivity index (χ3v) is 4.77. The quantitative estimate of drug-likeness (QED) is 0.850. The summed E-state index contributed by atoms with van der Waals surface area (Å²) in [6, 6.07) is 13.5. The fourth-order valence-corrected chi connectivity index (χ4v) is 3.46. The first-order chi connectivity index (χ1) is 12.0. The Morgan fingerprint density at radius 3 is 2.68 bits per heavy atom. The highest BCUT2D eigenvalue weighted by Gasteiger charge is 2.38. The normalized spacial score (nSPS) is 17.0. The number of hydrogen-bond donors (Lipinski definition) is 1. The van der Waals surface area contributed by atoms with E-state index in [-0.39, 0.29) is 11.8 Å². The smallest absolute Gasteiger partial charge is 0.239 e. The lowest BCUT2D eigenvalue weighted by Gasteiger charge is -2.18. The van der Waals surface area contributed by atoms with Crippen molar-refractivity contribution in [2.24, 2.45) is 5.92 Å². The first-order valence-corrected chi connectivity index (χ1v) is 8.74. The zero-order valence-corrected chi connectivity index (χ0v) is 15.1. The number of anilines is 1. The number of nitrogens with zero attached hydrogens (tertiary/aromatic N) is 1. The Kier molecular flexibility index (Phi) is 5.09. The summed E-state index contributed by atoms with van der Waals surface area (Å²) in [4.78, 5) is 26.7. The number of hydrogen-bond acceptors (Lipinski definition) is 2. The monoisotopic (exact) mass is 356 g/mol. The van der Waals surface area contributed by atoms with Crippen LogP contribution >= 0.6 is 11.6 Å². The molecule has 5 heteroatoms. The molecule has 1 aliphatic rings. The third kappa shape index (κ3) is 3.85. The van der Waals surface area contributed by atoms with E-state index in [0.717, 1.165) is 16.7 Å². The maximum Gasteiger partial charge on any atom is 0.239 e. The molecule has 25 heavy (non-hydrogen) atoms. The Morgan fingerprint density at radius 2 is 1.96 bits per heavy atom. The summed E-state index contributed by atoms with van der Waals surface area (Å²) < 4.78 is 0. The van der Waals surface area contributed by atoms with Crippen molar-refractivity contribution in [3.05, 3.63) is 64.2 Å². The van der Waals surface area contributed by atoms with Gasteiger partial charge in [-0.3, -0.25) is 9.59 Å². The maximum absolute atomic E-state index is 12.7. The number of rotatable bonds is 4. The van der Waals surface area contributed by atoms with Gasteiger partial charge in [-0.1, -0.05) is 47.5 Å². The Labute approximate surface area is 152 Å². The minimum atomic E-state index is -0.651. The molecule has 1 unspecified atom stereocenters. The molecule has 1 N–H and O–H groups in total. The fourth-order valence-electron chi connectivity index (χ4n) is 3.13. The number of benzene rings is 2. The second kappa shape index (κ2) is 7.28. The first-order valence-electron chi connectivity index (χ1n) is 8.36. The third-order valence-electron chi connectivity index (χ3n) is 4.47. The fraction of sp³-hybridized carbons (Fsp3) is 0.300. The molecule has 0 radical (unpaired) electrons. The largest absolute Gasteiger partial charge is 0.351 e. The maximum atomic E-state index is 12.7. The summed E-state index contributed by atoms with van der Waals surface area (Å²) in [6.07, 6.45) is 0.503. The molecule has 2 aromatic carbocycles. The van der Waals surface area contributed by atoms with Gasteiger partial charge in [-0.15, -0.1) is 0 Å². The van der Waals surface area contributed by atoms with E-state index in [4.69, 9.17) is 11.6 Å². The Balaban J connectivity index is 1.66. The van der Waals surface area contributed by atoms with Crippen molar-refractivity contribution >= 4 is 29.1 Å². The summed E-state index contributed by atoms with van der Waals surface area (Å²) in [6.45, 7) is 4.89. The summed E-state index contributed by atoms with van der Waals surface area (Å²) in [5.74, 6) is -1.06. The zero-order valence-electron chi connectivity index (χ0n) is 14.4. The molecule has 130 valence electrons. The lowest BCUT2D eigenvalue weighted by Crippen LogP contribution is -2.36. The molecule has 0 spiro atoms. The topological polar surface area (TPSA) is 49.4 Å². The van der Waals surface area contributed by atoms with E-state index in [0.29, 0.717) is 30.2 Å². The highest BCUT2D eigenvalue weighted by atomic mass is 35.5. The molecule has 2 aromatic rings. The summed E-state index contributed by atoms with van der Waals surface area (Å²) >= 11 is 6.26. The first kappa shape index (κ1) is 17.5. The number of nitrogens with one attached hydrogen (secondary N) is 1. The second-order valence-electron chi connectivity index (χ2n) is 6.49. The predicted molar refractivity (Wildman–Crippen MR) is 99.7 cm³/mol. The van der Waals surface area contributed by atoms with Crippen molar-refractivity contribution in [2.45, 2.75) is 26.8 Å². The minimum Gasteiger partial charge on any atom is -0.351 e. The van der Waals surface area contributed by atoms with Gasteiger partial charge in [0.15, 0.2) is 0 Å². The van der Waals surface area contributed by atoms with Gasteiger partial charge in [0.2, 0.25) is 11.8 Å². The van der Waals surface area contributed by atoms with Crippen LogP contribution in [0.2, 0.25) is 5.02 Å². The SMILES string of the molecule is Cc1cccc(CNC(=O)C2CCN(c3ccc(C)cc3Cl)C2=O)c1. The number of carbonyl (C=O) groups excluding carboxylic acids is 2. The van der Waals surface area contributed by atoms with Crippen LogP contribution < -0.4 is 10.2 Å². The van der Waals surface area contributed by atoms with Crippen molar-refractivity contribution in [2.75, 3.05) is 11.4 Å². The molecule has 0 bridgehead atoms. The Bertz CT molecular complexity index is 819. The van der Waals surface area contributed by atoms with Crippen molar-refractivity contribution < 1.29 is 9.59 Å². The van der Waals surface area contributed by atoms with Gasteiger partial charge >= 0.3 is 0 Å². The summed E-state index contributed by atoms with van der Waals surface area (Å²) in [5.41, 5.74) is 3.88. The van der Waals surface area contributed by atoms with Crippen LogP contribution in [0.4, 0.5) is 5.69 Å². The summed E-state index contributed by atoms with van der Waals surface area (Å²) in [7, 11) is 0. The molecule has 1 fully saturated rings. The van der Waals surface area contributed by atoms with E-state index >= 15 is 0 Å². The predicted octanol–water partition coefficient (Wildman–Crippen LogP) is 3.63. The van der Waals surface area contributed by atoms with Crippen molar-refractivity contribution in [3.63, 3.8) is 0 Å². The van der Waals surface area contributed by atoms with Gasteiger partial charge in [0.25, 0.3) is 0 Å². The van der Waals surface area contributed by atoms with Crippen LogP contribution in [0.25, 0.3) is 0 Å². The summed E-state index contributed by atoms with van der Waals surface area (Å²) in [5, 5.41) is 3.41. The second-order valence-corrected chi connectivity index (χ2v) is 6.90. The molecular formula is C20H21ClN2O2. The Morgan fingerprint density at radius 1 is 1.20 bits per heavy atom. The Hall–Kier alpha value is -2.33. The lowest BCUT2D eigenvalue weighted by molar-refractivity contribution is -0.132. The molecule has 3 rings (SSSR count). The molecule has 2 amide bonds. The number of amides is 2. The van der Waals surface area contributed by atoms with Gasteiger partial charge in [0, 0.05) is 13.1 Å². The van der Waals surface area contributed by atoms with Gasteiger partial charge in [-0.2, -0.15) is 0 Å². The van der Waals surface area contributed by atoms with Gasteiger partial charge in [-0.25, -0.2) is 0 Å². The molecule has 1 atom stereocenters. The number of aryl methyl sites for hydroxylation is 2. The van der Waals surface area contributed by atoms with Gasteiger partial charge in [-0.05, 0) is 43.5 Å².